The van der Waals surface area contributed by atoms with Gasteiger partial charge in [0.15, 0.2) is 0 Å². The Morgan fingerprint density at radius 1 is 0.740 bits per heavy atom. The Labute approximate surface area is 293 Å². The molecule has 0 radical (unpaired) electrons. The van der Waals surface area contributed by atoms with E-state index in [9.17, 15) is 9.59 Å². The van der Waals surface area contributed by atoms with Crippen molar-refractivity contribution in [2.24, 2.45) is 0 Å². The summed E-state index contributed by atoms with van der Waals surface area (Å²) in [5.74, 6) is 0.903. The topological polar surface area (TPSA) is 116 Å². The first kappa shape index (κ1) is 33.0. The molecule has 0 aliphatic carbocycles. The van der Waals surface area contributed by atoms with Gasteiger partial charge in [-0.3, -0.25) is 19.5 Å². The van der Waals surface area contributed by atoms with Crippen molar-refractivity contribution >= 4 is 17.6 Å². The first-order valence-electron chi connectivity index (χ1n) is 17.4. The third kappa shape index (κ3) is 7.87. The molecule has 0 saturated carbocycles. The normalized spacial score (nSPS) is 15.8. The lowest BCUT2D eigenvalue weighted by Gasteiger charge is -2.34. The van der Waals surface area contributed by atoms with Crippen LogP contribution in [-0.4, -0.2) is 74.9 Å². The van der Waals surface area contributed by atoms with Crippen molar-refractivity contribution in [3.8, 4) is 22.4 Å². The number of amides is 2. The first-order valence-corrected chi connectivity index (χ1v) is 17.4. The maximum atomic E-state index is 13.2. The Morgan fingerprint density at radius 2 is 1.50 bits per heavy atom. The van der Waals surface area contributed by atoms with E-state index in [1.165, 1.54) is 11.9 Å². The highest BCUT2D eigenvalue weighted by Crippen LogP contribution is 2.25. The summed E-state index contributed by atoms with van der Waals surface area (Å²) in [4.78, 5) is 48.4. The van der Waals surface area contributed by atoms with Crippen LogP contribution in [0.25, 0.3) is 22.4 Å². The van der Waals surface area contributed by atoms with Crippen LogP contribution < -0.4 is 15.5 Å². The summed E-state index contributed by atoms with van der Waals surface area (Å²) >= 11 is 0. The van der Waals surface area contributed by atoms with Crippen LogP contribution in [0.15, 0.2) is 104 Å². The highest BCUT2D eigenvalue weighted by atomic mass is 16.2. The Kier molecular flexibility index (Phi) is 10.2. The predicted molar refractivity (Wildman–Crippen MR) is 195 cm³/mol. The van der Waals surface area contributed by atoms with Crippen LogP contribution in [-0.2, 0) is 6.54 Å². The van der Waals surface area contributed by atoms with Crippen LogP contribution in [0.1, 0.15) is 57.5 Å². The summed E-state index contributed by atoms with van der Waals surface area (Å²) in [6.45, 7) is 6.33. The maximum Gasteiger partial charge on any atom is 0.251 e. The zero-order chi connectivity index (χ0) is 34.3. The average molecular weight is 667 g/mol. The van der Waals surface area contributed by atoms with E-state index in [1.54, 1.807) is 12.4 Å². The third-order valence-electron chi connectivity index (χ3n) is 9.85. The van der Waals surface area contributed by atoms with Crippen LogP contribution in [0, 0.1) is 6.92 Å². The van der Waals surface area contributed by atoms with Crippen molar-refractivity contribution in [3.05, 3.63) is 126 Å². The van der Waals surface area contributed by atoms with Gasteiger partial charge in [-0.1, -0.05) is 36.4 Å². The van der Waals surface area contributed by atoms with E-state index >= 15 is 0 Å². The number of nitrogens with one attached hydrogen (secondary N) is 2. The first-order chi connectivity index (χ1) is 24.5. The molecule has 0 bridgehead atoms. The second kappa shape index (κ2) is 15.4. The van der Waals surface area contributed by atoms with Crippen molar-refractivity contribution in [1.29, 1.82) is 0 Å². The van der Waals surface area contributed by atoms with E-state index in [4.69, 9.17) is 4.98 Å². The Hall–Kier alpha value is -5.48. The number of piperidine rings is 2. The number of pyridine rings is 2. The fourth-order valence-electron chi connectivity index (χ4n) is 6.96. The second-order valence-electron chi connectivity index (χ2n) is 13.2. The largest absolute Gasteiger partial charge is 0.356 e. The number of carbonyl (C=O) groups is 2. The fourth-order valence-corrected chi connectivity index (χ4v) is 6.96. The molecule has 2 aliphatic rings. The smallest absolute Gasteiger partial charge is 0.251 e. The minimum Gasteiger partial charge on any atom is -0.356 e. The third-order valence-corrected chi connectivity index (χ3v) is 9.85. The quantitative estimate of drug-likeness (QED) is 0.206. The minimum atomic E-state index is -0.0392. The summed E-state index contributed by atoms with van der Waals surface area (Å²) in [7, 11) is 0. The van der Waals surface area contributed by atoms with Gasteiger partial charge in [-0.05, 0) is 85.7 Å². The molecule has 50 heavy (non-hydrogen) atoms. The number of anilines is 1. The monoisotopic (exact) mass is 666 g/mol. The molecule has 2 saturated heterocycles. The van der Waals surface area contributed by atoms with Crippen LogP contribution in [0.4, 0.5) is 5.82 Å². The SMILES string of the molecule is Cc1c(C(=O)NC2CCN(Cc3ccc(N4CCC(NC(=O)c5cccc(-c6cccnc6)c5)CC4)nc3)CC2)cccc1-c1ccncn1. The summed E-state index contributed by atoms with van der Waals surface area (Å²) in [5, 5.41) is 6.51. The number of likely N-dealkylation sites (tertiary alicyclic amines) is 1. The molecule has 0 spiro atoms. The molecule has 5 heterocycles. The molecule has 2 N–H and O–H groups in total. The van der Waals surface area contributed by atoms with Crippen molar-refractivity contribution < 1.29 is 9.59 Å². The van der Waals surface area contributed by atoms with E-state index in [0.29, 0.717) is 11.1 Å². The molecule has 2 fully saturated rings. The Bertz CT molecular complexity index is 1900. The van der Waals surface area contributed by atoms with E-state index in [-0.39, 0.29) is 23.9 Å². The fraction of sp³-hybridized carbons (Fsp3) is 0.300. The highest BCUT2D eigenvalue weighted by Gasteiger charge is 2.24. The van der Waals surface area contributed by atoms with Gasteiger partial charge in [-0.25, -0.2) is 15.0 Å². The van der Waals surface area contributed by atoms with Crippen LogP contribution in [0.5, 0.6) is 0 Å². The zero-order valence-electron chi connectivity index (χ0n) is 28.3. The van der Waals surface area contributed by atoms with E-state index in [1.807, 2.05) is 80.0 Å². The molecule has 2 aromatic carbocycles. The van der Waals surface area contributed by atoms with E-state index in [2.05, 4.69) is 47.5 Å². The molecular weight excluding hydrogens is 624 g/mol. The lowest BCUT2D eigenvalue weighted by atomic mass is 9.98. The number of hydrogen-bond donors (Lipinski definition) is 2. The van der Waals surface area contributed by atoms with Crippen molar-refractivity contribution in [3.63, 3.8) is 0 Å². The second-order valence-corrected chi connectivity index (χ2v) is 13.2. The van der Waals surface area contributed by atoms with Crippen molar-refractivity contribution in [1.82, 2.24) is 35.5 Å². The highest BCUT2D eigenvalue weighted by molar-refractivity contribution is 5.97. The van der Waals surface area contributed by atoms with E-state index in [0.717, 1.165) is 92.2 Å². The minimum absolute atomic E-state index is 0.0327. The van der Waals surface area contributed by atoms with Crippen molar-refractivity contribution in [2.75, 3.05) is 31.1 Å². The molecule has 10 nitrogen and oxygen atoms in total. The number of benzene rings is 2. The van der Waals surface area contributed by atoms with Gasteiger partial charge in [0.2, 0.25) is 0 Å². The molecule has 0 unspecified atom stereocenters. The van der Waals surface area contributed by atoms with Gasteiger partial charge in [0, 0.05) is 91.8 Å². The number of rotatable bonds is 9. The molecule has 5 aromatic rings. The van der Waals surface area contributed by atoms with Gasteiger partial charge in [0.05, 0.1) is 5.69 Å². The van der Waals surface area contributed by atoms with Crippen LogP contribution >= 0.6 is 0 Å². The summed E-state index contributed by atoms with van der Waals surface area (Å²) in [6.07, 6.45) is 12.3. The van der Waals surface area contributed by atoms with Gasteiger partial charge in [0.25, 0.3) is 11.8 Å². The lowest BCUT2D eigenvalue weighted by molar-refractivity contribution is 0.0905. The van der Waals surface area contributed by atoms with Crippen LogP contribution in [0.2, 0.25) is 0 Å². The maximum absolute atomic E-state index is 13.2. The van der Waals surface area contributed by atoms with Crippen LogP contribution in [0.3, 0.4) is 0 Å². The molecule has 2 aliphatic heterocycles. The summed E-state index contributed by atoms with van der Waals surface area (Å²) < 4.78 is 0. The van der Waals surface area contributed by atoms with Gasteiger partial charge < -0.3 is 15.5 Å². The molecule has 0 atom stereocenters. The van der Waals surface area contributed by atoms with Gasteiger partial charge in [0.1, 0.15) is 12.1 Å². The standard InChI is InChI=1S/C40H42N8O2/c1-28-35(37-12-18-42-27-44-37)8-3-9-36(28)40(50)46-33-13-19-47(20-14-33)26-29-10-11-38(43-24-29)48-21-15-34(16-22-48)45-39(49)31-6-2-5-30(23-31)32-7-4-17-41-25-32/h2-12,17-18,23-25,27,33-34H,13-16,19-22,26H2,1H3,(H,45,49)(H,46,50). The van der Waals surface area contributed by atoms with Gasteiger partial charge >= 0.3 is 0 Å². The molecule has 2 amide bonds. The van der Waals surface area contributed by atoms with E-state index < -0.39 is 0 Å². The number of nitrogens with zero attached hydrogens (tertiary/aromatic N) is 6. The number of carbonyl (C=O) groups excluding carboxylic acids is 2. The van der Waals surface area contributed by atoms with Crippen molar-refractivity contribution in [2.45, 2.75) is 51.2 Å². The number of aromatic nitrogens is 4. The Balaban J connectivity index is 0.851. The van der Waals surface area contributed by atoms with Gasteiger partial charge in [-0.2, -0.15) is 0 Å². The lowest BCUT2D eigenvalue weighted by Crippen LogP contribution is -2.45. The molecule has 3 aromatic heterocycles. The molecule has 254 valence electrons. The summed E-state index contributed by atoms with van der Waals surface area (Å²) in [5.41, 5.74) is 7.19. The summed E-state index contributed by atoms with van der Waals surface area (Å²) in [6, 6.07) is 23.8. The number of hydrogen-bond acceptors (Lipinski definition) is 8. The molecule has 7 rings (SSSR count). The zero-order valence-corrected chi connectivity index (χ0v) is 28.3. The molecule has 10 heteroatoms. The Morgan fingerprint density at radius 3 is 2.22 bits per heavy atom. The molecular formula is C40H42N8O2. The predicted octanol–water partition coefficient (Wildman–Crippen LogP) is 5.70. The van der Waals surface area contributed by atoms with Gasteiger partial charge in [-0.15, -0.1) is 0 Å². The average Bonchev–Trinajstić information content (AvgIpc) is 3.17.